The molecule has 3 aromatic carbocycles. The molecule has 1 heterocycles. The molecule has 0 saturated carbocycles. The number of benzene rings is 3. The summed E-state index contributed by atoms with van der Waals surface area (Å²) in [4.78, 5) is 16.7. The number of aromatic nitrogens is 1. The fourth-order valence-corrected chi connectivity index (χ4v) is 3.41. The van der Waals surface area contributed by atoms with E-state index in [1.54, 1.807) is 18.2 Å². The lowest BCUT2D eigenvalue weighted by molar-refractivity contribution is -0.121. The summed E-state index contributed by atoms with van der Waals surface area (Å²) >= 11 is 5.25. The molecule has 8 heteroatoms. The highest BCUT2D eigenvalue weighted by Crippen LogP contribution is 2.27. The first kappa shape index (κ1) is 22.3. The summed E-state index contributed by atoms with van der Waals surface area (Å²) < 4.78 is 16.9. The molecule has 4 rings (SSSR count). The van der Waals surface area contributed by atoms with E-state index < -0.39 is 0 Å². The largest absolute Gasteiger partial charge is 0.494 e. The van der Waals surface area contributed by atoms with Crippen LogP contribution >= 0.6 is 12.2 Å². The second-order valence-electron chi connectivity index (χ2n) is 7.22. The van der Waals surface area contributed by atoms with Gasteiger partial charge in [0, 0.05) is 11.3 Å². The van der Waals surface area contributed by atoms with E-state index in [1.807, 2.05) is 62.4 Å². The molecule has 0 aliphatic carbocycles. The molecule has 168 valence electrons. The van der Waals surface area contributed by atoms with Crippen LogP contribution in [-0.4, -0.2) is 29.2 Å². The van der Waals surface area contributed by atoms with Gasteiger partial charge in [-0.1, -0.05) is 18.2 Å². The van der Waals surface area contributed by atoms with Gasteiger partial charge in [-0.2, -0.15) is 0 Å². The maximum absolute atomic E-state index is 12.2. The Bertz CT molecular complexity index is 1280. The van der Waals surface area contributed by atoms with Crippen LogP contribution < -0.4 is 20.1 Å². The van der Waals surface area contributed by atoms with Crippen molar-refractivity contribution in [2.24, 2.45) is 0 Å². The Labute approximate surface area is 196 Å². The highest BCUT2D eigenvalue weighted by atomic mass is 32.1. The molecular formula is C25H23N3O4S. The van der Waals surface area contributed by atoms with Crippen molar-refractivity contribution in [3.8, 4) is 23.0 Å². The molecule has 0 unspecified atom stereocenters. The maximum Gasteiger partial charge on any atom is 0.264 e. The first-order valence-electron chi connectivity index (χ1n) is 10.4. The molecule has 4 aromatic rings. The Kier molecular flexibility index (Phi) is 6.85. The third kappa shape index (κ3) is 5.67. The molecule has 7 nitrogen and oxygen atoms in total. The Balaban J connectivity index is 1.36. The SMILES string of the molecule is CCOc1ccc(-c2nc3cc(NC(=S)NC(=O)COc4ccccc4C)ccc3o2)cc1. The van der Waals surface area contributed by atoms with Gasteiger partial charge in [-0.05, 0) is 80.2 Å². The standard InChI is InChI=1S/C25H23N3O4S/c1-3-30-19-11-8-17(9-12-19)24-27-20-14-18(10-13-22(20)32-24)26-25(33)28-23(29)15-31-21-7-5-4-6-16(21)2/h4-14H,3,15H2,1-2H3,(H2,26,28,29,33). The van der Waals surface area contributed by atoms with E-state index in [1.165, 1.54) is 0 Å². The molecule has 1 amide bonds. The van der Waals surface area contributed by atoms with Crippen LogP contribution in [0, 0.1) is 6.92 Å². The number of carbonyl (C=O) groups excluding carboxylic acids is 1. The van der Waals surface area contributed by atoms with Gasteiger partial charge in [0.05, 0.1) is 6.61 Å². The van der Waals surface area contributed by atoms with Crippen molar-refractivity contribution in [3.05, 3.63) is 72.3 Å². The van der Waals surface area contributed by atoms with Gasteiger partial charge in [0.25, 0.3) is 5.91 Å². The molecule has 0 aliphatic rings. The topological polar surface area (TPSA) is 85.6 Å². The molecule has 2 N–H and O–H groups in total. The minimum atomic E-state index is -0.351. The minimum Gasteiger partial charge on any atom is -0.494 e. The molecule has 33 heavy (non-hydrogen) atoms. The number of thiocarbonyl (C=S) groups is 1. The summed E-state index contributed by atoms with van der Waals surface area (Å²) in [6.07, 6.45) is 0. The fourth-order valence-electron chi connectivity index (χ4n) is 3.18. The summed E-state index contributed by atoms with van der Waals surface area (Å²) in [5.41, 5.74) is 3.79. The number of rotatable bonds is 7. The molecule has 0 radical (unpaired) electrons. The maximum atomic E-state index is 12.2. The quantitative estimate of drug-likeness (QED) is 0.371. The van der Waals surface area contributed by atoms with Crippen molar-refractivity contribution >= 4 is 40.0 Å². The van der Waals surface area contributed by atoms with Crippen LogP contribution in [0.25, 0.3) is 22.6 Å². The van der Waals surface area contributed by atoms with Crippen molar-refractivity contribution in [1.29, 1.82) is 0 Å². The number of ether oxygens (including phenoxy) is 2. The predicted octanol–water partition coefficient (Wildman–Crippen LogP) is 5.09. The molecule has 0 fully saturated rings. The number of anilines is 1. The lowest BCUT2D eigenvalue weighted by Crippen LogP contribution is -2.37. The van der Waals surface area contributed by atoms with Gasteiger partial charge in [0.1, 0.15) is 17.0 Å². The van der Waals surface area contributed by atoms with E-state index >= 15 is 0 Å². The van der Waals surface area contributed by atoms with Crippen LogP contribution in [0.1, 0.15) is 12.5 Å². The fraction of sp³-hybridized carbons (Fsp3) is 0.160. The highest BCUT2D eigenvalue weighted by Gasteiger charge is 2.11. The summed E-state index contributed by atoms with van der Waals surface area (Å²) in [6, 6.07) is 20.5. The Morgan fingerprint density at radius 2 is 1.85 bits per heavy atom. The number of hydrogen-bond donors (Lipinski definition) is 2. The van der Waals surface area contributed by atoms with Crippen LogP contribution in [0.4, 0.5) is 5.69 Å². The number of oxazole rings is 1. The van der Waals surface area contributed by atoms with E-state index in [4.69, 9.17) is 26.1 Å². The Hall–Kier alpha value is -3.91. The monoisotopic (exact) mass is 461 g/mol. The van der Waals surface area contributed by atoms with Crippen LogP contribution in [-0.2, 0) is 4.79 Å². The third-order valence-electron chi connectivity index (χ3n) is 4.76. The van der Waals surface area contributed by atoms with E-state index in [2.05, 4.69) is 15.6 Å². The summed E-state index contributed by atoms with van der Waals surface area (Å²) in [7, 11) is 0. The average Bonchev–Trinajstić information content (AvgIpc) is 3.22. The van der Waals surface area contributed by atoms with Gasteiger partial charge in [0.15, 0.2) is 17.3 Å². The van der Waals surface area contributed by atoms with Gasteiger partial charge in [-0.25, -0.2) is 4.98 Å². The van der Waals surface area contributed by atoms with Crippen molar-refractivity contribution in [3.63, 3.8) is 0 Å². The molecule has 0 saturated heterocycles. The molecule has 0 atom stereocenters. The van der Waals surface area contributed by atoms with E-state index in [0.29, 0.717) is 35.0 Å². The van der Waals surface area contributed by atoms with E-state index in [-0.39, 0.29) is 17.6 Å². The smallest absolute Gasteiger partial charge is 0.264 e. The van der Waals surface area contributed by atoms with Gasteiger partial charge in [-0.15, -0.1) is 0 Å². The first-order chi connectivity index (χ1) is 16.0. The van der Waals surface area contributed by atoms with Gasteiger partial charge in [0.2, 0.25) is 5.89 Å². The van der Waals surface area contributed by atoms with Crippen molar-refractivity contribution in [2.75, 3.05) is 18.5 Å². The third-order valence-corrected chi connectivity index (χ3v) is 4.97. The number of nitrogens with one attached hydrogen (secondary N) is 2. The average molecular weight is 462 g/mol. The van der Waals surface area contributed by atoms with Gasteiger partial charge >= 0.3 is 0 Å². The zero-order chi connectivity index (χ0) is 23.2. The predicted molar refractivity (Wildman–Crippen MR) is 132 cm³/mol. The zero-order valence-electron chi connectivity index (χ0n) is 18.3. The number of fused-ring (bicyclic) bond motifs is 1. The second-order valence-corrected chi connectivity index (χ2v) is 7.62. The van der Waals surface area contributed by atoms with Crippen molar-refractivity contribution < 1.29 is 18.7 Å². The number of aryl methyl sites for hydroxylation is 1. The van der Waals surface area contributed by atoms with Crippen molar-refractivity contribution in [1.82, 2.24) is 10.3 Å². The van der Waals surface area contributed by atoms with Crippen LogP contribution in [0.2, 0.25) is 0 Å². The van der Waals surface area contributed by atoms with E-state index in [0.717, 1.165) is 16.9 Å². The van der Waals surface area contributed by atoms with Gasteiger partial charge in [-0.3, -0.25) is 10.1 Å². The molecular weight excluding hydrogens is 438 g/mol. The summed E-state index contributed by atoms with van der Waals surface area (Å²) in [5.74, 6) is 1.61. The van der Waals surface area contributed by atoms with Crippen molar-refractivity contribution in [2.45, 2.75) is 13.8 Å². The van der Waals surface area contributed by atoms with Crippen LogP contribution in [0.15, 0.2) is 71.1 Å². The number of hydrogen-bond acceptors (Lipinski definition) is 6. The number of carbonyl (C=O) groups is 1. The second kappa shape index (κ2) is 10.1. The Morgan fingerprint density at radius 1 is 1.06 bits per heavy atom. The molecule has 0 spiro atoms. The van der Waals surface area contributed by atoms with Crippen LogP contribution in [0.5, 0.6) is 11.5 Å². The Morgan fingerprint density at radius 3 is 2.61 bits per heavy atom. The minimum absolute atomic E-state index is 0.138. The molecule has 0 aliphatic heterocycles. The first-order valence-corrected chi connectivity index (χ1v) is 10.9. The molecule has 1 aromatic heterocycles. The van der Waals surface area contributed by atoms with Crippen LogP contribution in [0.3, 0.4) is 0 Å². The summed E-state index contributed by atoms with van der Waals surface area (Å²) in [5, 5.41) is 5.77. The number of nitrogens with zero attached hydrogens (tertiary/aromatic N) is 1. The highest BCUT2D eigenvalue weighted by molar-refractivity contribution is 7.80. The summed E-state index contributed by atoms with van der Waals surface area (Å²) in [6.45, 7) is 4.33. The number of para-hydroxylation sites is 1. The molecule has 0 bridgehead atoms. The lowest BCUT2D eigenvalue weighted by atomic mass is 10.2. The normalized spacial score (nSPS) is 10.6. The lowest BCUT2D eigenvalue weighted by Gasteiger charge is -2.11. The van der Waals surface area contributed by atoms with E-state index in [9.17, 15) is 4.79 Å². The number of amides is 1. The van der Waals surface area contributed by atoms with Gasteiger partial charge < -0.3 is 19.2 Å². The zero-order valence-corrected chi connectivity index (χ0v) is 19.1.